The van der Waals surface area contributed by atoms with E-state index in [1.807, 2.05) is 20.8 Å². The van der Waals surface area contributed by atoms with E-state index in [1.54, 1.807) is 4.90 Å². The van der Waals surface area contributed by atoms with Crippen molar-refractivity contribution in [1.82, 2.24) is 4.90 Å². The largest absolute Gasteiger partial charge is 0.487 e. The lowest BCUT2D eigenvalue weighted by molar-refractivity contribution is -0.384. The fourth-order valence-corrected chi connectivity index (χ4v) is 2.41. The van der Waals surface area contributed by atoms with Gasteiger partial charge in [-0.2, -0.15) is 0 Å². The number of amides is 1. The molecule has 1 saturated heterocycles. The smallest absolute Gasteiger partial charge is 0.410 e. The molecule has 0 aliphatic carbocycles. The van der Waals surface area contributed by atoms with E-state index in [1.165, 1.54) is 18.2 Å². The summed E-state index contributed by atoms with van der Waals surface area (Å²) in [6, 6.07) is 4.05. The number of nitro benzene ring substituents is 1. The Bertz CT molecular complexity index is 614. The Balaban J connectivity index is 1.96. The van der Waals surface area contributed by atoms with Gasteiger partial charge in [0.05, 0.1) is 16.5 Å². The van der Waals surface area contributed by atoms with Crippen molar-refractivity contribution in [3.63, 3.8) is 0 Å². The number of likely N-dealkylation sites (tertiary alicyclic amines) is 1. The Labute approximate surface area is 139 Å². The Morgan fingerprint density at radius 3 is 2.70 bits per heavy atom. The maximum absolute atomic E-state index is 12.0. The second-order valence-corrected chi connectivity index (χ2v) is 6.73. The molecule has 0 bridgehead atoms. The summed E-state index contributed by atoms with van der Waals surface area (Å²) in [5, 5.41) is 10.9. The zero-order valence-corrected chi connectivity index (χ0v) is 14.0. The van der Waals surface area contributed by atoms with Gasteiger partial charge in [-0.3, -0.25) is 10.1 Å². The van der Waals surface area contributed by atoms with Gasteiger partial charge in [-0.15, -0.1) is 0 Å². The van der Waals surface area contributed by atoms with Crippen molar-refractivity contribution in [3.05, 3.63) is 33.3 Å². The van der Waals surface area contributed by atoms with Gasteiger partial charge in [-0.25, -0.2) is 4.79 Å². The number of hydrogen-bond donors (Lipinski definition) is 0. The first-order valence-electron chi connectivity index (χ1n) is 7.24. The monoisotopic (exact) mass is 342 g/mol. The van der Waals surface area contributed by atoms with Crippen molar-refractivity contribution in [3.8, 4) is 5.75 Å². The SMILES string of the molecule is CC(C)(C)OC(=O)N1CC[C@H](Oc2ccc([N+](=O)[O-])cc2Cl)C1. The lowest BCUT2D eigenvalue weighted by Gasteiger charge is -2.24. The number of benzene rings is 1. The molecule has 126 valence electrons. The van der Waals surface area contributed by atoms with Crippen LogP contribution < -0.4 is 4.74 Å². The number of nitrogens with zero attached hydrogens (tertiary/aromatic N) is 2. The van der Waals surface area contributed by atoms with Gasteiger partial charge >= 0.3 is 6.09 Å². The molecule has 1 aliphatic heterocycles. The number of carbonyl (C=O) groups excluding carboxylic acids is 1. The predicted molar refractivity (Wildman–Crippen MR) is 84.9 cm³/mol. The summed E-state index contributed by atoms with van der Waals surface area (Å²) in [7, 11) is 0. The highest BCUT2D eigenvalue weighted by Crippen LogP contribution is 2.30. The van der Waals surface area contributed by atoms with E-state index in [0.29, 0.717) is 25.3 Å². The van der Waals surface area contributed by atoms with E-state index in [-0.39, 0.29) is 22.9 Å². The lowest BCUT2D eigenvalue weighted by Crippen LogP contribution is -2.36. The molecule has 1 heterocycles. The molecule has 23 heavy (non-hydrogen) atoms. The first-order chi connectivity index (χ1) is 10.7. The number of carbonyl (C=O) groups is 1. The maximum atomic E-state index is 12.0. The van der Waals surface area contributed by atoms with E-state index >= 15 is 0 Å². The molecule has 1 aliphatic rings. The van der Waals surface area contributed by atoms with Crippen LogP contribution in [0.25, 0.3) is 0 Å². The van der Waals surface area contributed by atoms with Crippen LogP contribution in [-0.2, 0) is 4.74 Å². The highest BCUT2D eigenvalue weighted by atomic mass is 35.5. The van der Waals surface area contributed by atoms with Gasteiger partial charge in [0.15, 0.2) is 0 Å². The van der Waals surface area contributed by atoms with Crippen LogP contribution in [0.15, 0.2) is 18.2 Å². The van der Waals surface area contributed by atoms with Gasteiger partial charge in [-0.05, 0) is 26.8 Å². The summed E-state index contributed by atoms with van der Waals surface area (Å²) >= 11 is 6.00. The van der Waals surface area contributed by atoms with E-state index < -0.39 is 10.5 Å². The third kappa shape index (κ3) is 4.72. The summed E-state index contributed by atoms with van der Waals surface area (Å²) in [5.74, 6) is 0.369. The summed E-state index contributed by atoms with van der Waals surface area (Å²) in [6.45, 7) is 6.36. The maximum Gasteiger partial charge on any atom is 0.410 e. The van der Waals surface area contributed by atoms with Crippen LogP contribution in [0.5, 0.6) is 5.75 Å². The minimum Gasteiger partial charge on any atom is -0.487 e. The topological polar surface area (TPSA) is 81.9 Å². The Morgan fingerprint density at radius 1 is 1.43 bits per heavy atom. The third-order valence-corrected chi connectivity index (χ3v) is 3.51. The van der Waals surface area contributed by atoms with Crippen LogP contribution in [0, 0.1) is 10.1 Å². The molecule has 8 heteroatoms. The Hall–Kier alpha value is -2.02. The minimum absolute atomic E-state index is 0.0934. The van der Waals surface area contributed by atoms with Gasteiger partial charge in [0, 0.05) is 25.1 Å². The van der Waals surface area contributed by atoms with Crippen LogP contribution in [0.3, 0.4) is 0 Å². The Kier molecular flexibility index (Phi) is 4.99. The van der Waals surface area contributed by atoms with Crippen molar-refractivity contribution in [2.24, 2.45) is 0 Å². The number of nitro groups is 1. The molecular formula is C15H19ClN2O5. The molecule has 0 saturated carbocycles. The van der Waals surface area contributed by atoms with Gasteiger partial charge in [0.2, 0.25) is 0 Å². The van der Waals surface area contributed by atoms with Crippen LogP contribution in [0.2, 0.25) is 5.02 Å². The summed E-state index contributed by atoms with van der Waals surface area (Å²) < 4.78 is 11.1. The lowest BCUT2D eigenvalue weighted by atomic mass is 10.2. The number of non-ortho nitro benzene ring substituents is 1. The fraction of sp³-hybridized carbons (Fsp3) is 0.533. The average Bonchev–Trinajstić information content (AvgIpc) is 2.87. The van der Waals surface area contributed by atoms with E-state index in [4.69, 9.17) is 21.1 Å². The van der Waals surface area contributed by atoms with E-state index in [2.05, 4.69) is 0 Å². The first kappa shape index (κ1) is 17.3. The normalized spacial score (nSPS) is 17.9. The molecule has 0 radical (unpaired) electrons. The summed E-state index contributed by atoms with van der Waals surface area (Å²) in [6.07, 6.45) is 0.0481. The second-order valence-electron chi connectivity index (χ2n) is 6.33. The zero-order chi connectivity index (χ0) is 17.2. The highest BCUT2D eigenvalue weighted by Gasteiger charge is 2.31. The summed E-state index contributed by atoms with van der Waals surface area (Å²) in [5.41, 5.74) is -0.637. The molecule has 1 atom stereocenters. The predicted octanol–water partition coefficient (Wildman–Crippen LogP) is 3.64. The van der Waals surface area contributed by atoms with Gasteiger partial charge in [0.25, 0.3) is 5.69 Å². The first-order valence-corrected chi connectivity index (χ1v) is 7.62. The Morgan fingerprint density at radius 2 is 2.13 bits per heavy atom. The van der Waals surface area contributed by atoms with Crippen molar-refractivity contribution >= 4 is 23.4 Å². The van der Waals surface area contributed by atoms with Crippen molar-refractivity contribution in [1.29, 1.82) is 0 Å². The number of halogens is 1. The number of ether oxygens (including phenoxy) is 2. The van der Waals surface area contributed by atoms with Crippen LogP contribution in [0.4, 0.5) is 10.5 Å². The van der Waals surface area contributed by atoms with Gasteiger partial charge in [0.1, 0.15) is 17.5 Å². The van der Waals surface area contributed by atoms with Crippen molar-refractivity contribution in [2.75, 3.05) is 13.1 Å². The second kappa shape index (κ2) is 6.62. The molecule has 0 aromatic heterocycles. The van der Waals surface area contributed by atoms with Gasteiger partial charge in [-0.1, -0.05) is 11.6 Å². The third-order valence-electron chi connectivity index (χ3n) is 3.22. The number of hydrogen-bond acceptors (Lipinski definition) is 5. The van der Waals surface area contributed by atoms with Crippen LogP contribution in [0.1, 0.15) is 27.2 Å². The minimum atomic E-state index is -0.544. The molecule has 0 N–H and O–H groups in total. The van der Waals surface area contributed by atoms with E-state index in [0.717, 1.165) is 0 Å². The van der Waals surface area contributed by atoms with E-state index in [9.17, 15) is 14.9 Å². The molecule has 0 spiro atoms. The van der Waals surface area contributed by atoms with Crippen LogP contribution in [-0.4, -0.2) is 40.7 Å². The summed E-state index contributed by atoms with van der Waals surface area (Å²) in [4.78, 5) is 23.7. The molecule has 1 aromatic rings. The molecule has 1 fully saturated rings. The standard InChI is InChI=1S/C15H19ClN2O5/c1-15(2,3)23-14(19)17-7-6-11(9-17)22-13-5-4-10(18(20)21)8-12(13)16/h4-5,8,11H,6-7,9H2,1-3H3/t11-/m0/s1. The van der Waals surface area contributed by atoms with Crippen molar-refractivity contribution in [2.45, 2.75) is 38.9 Å². The molecular weight excluding hydrogens is 324 g/mol. The van der Waals surface area contributed by atoms with Crippen molar-refractivity contribution < 1.29 is 19.2 Å². The molecule has 2 rings (SSSR count). The molecule has 0 unspecified atom stereocenters. The highest BCUT2D eigenvalue weighted by molar-refractivity contribution is 6.32. The zero-order valence-electron chi connectivity index (χ0n) is 13.2. The quantitative estimate of drug-likeness (QED) is 0.618. The van der Waals surface area contributed by atoms with Gasteiger partial charge < -0.3 is 14.4 Å². The molecule has 7 nitrogen and oxygen atoms in total. The fourth-order valence-electron chi connectivity index (χ4n) is 2.20. The van der Waals surface area contributed by atoms with Crippen LogP contribution >= 0.6 is 11.6 Å². The average molecular weight is 343 g/mol. The molecule has 1 amide bonds. The molecule has 1 aromatic carbocycles. The number of rotatable bonds is 3.